The van der Waals surface area contributed by atoms with Gasteiger partial charge < -0.3 is 0 Å². The first-order chi connectivity index (χ1) is 12.0. The van der Waals surface area contributed by atoms with Crippen molar-refractivity contribution in [2.45, 2.75) is 13.8 Å². The SMILES string of the molecule is Cc1cnc(NNC(=O)c2cccn2-c2ncc(C)cc2Cl)c(Cl)c1. The number of nitrogens with zero attached hydrogens (tertiary/aromatic N) is 3. The summed E-state index contributed by atoms with van der Waals surface area (Å²) >= 11 is 12.3. The molecule has 0 atom stereocenters. The van der Waals surface area contributed by atoms with E-state index in [4.69, 9.17) is 23.2 Å². The van der Waals surface area contributed by atoms with Crippen molar-refractivity contribution in [3.63, 3.8) is 0 Å². The maximum atomic E-state index is 12.5. The van der Waals surface area contributed by atoms with Crippen LogP contribution in [0.25, 0.3) is 5.82 Å². The summed E-state index contributed by atoms with van der Waals surface area (Å²) in [6.45, 7) is 3.78. The predicted molar refractivity (Wildman–Crippen MR) is 98.4 cm³/mol. The molecule has 0 radical (unpaired) electrons. The van der Waals surface area contributed by atoms with Gasteiger partial charge in [0.25, 0.3) is 5.91 Å². The fraction of sp³-hybridized carbons (Fsp3) is 0.118. The summed E-state index contributed by atoms with van der Waals surface area (Å²) < 4.78 is 1.61. The van der Waals surface area contributed by atoms with Gasteiger partial charge in [-0.25, -0.2) is 9.97 Å². The Bertz CT molecular complexity index is 939. The van der Waals surface area contributed by atoms with Crippen LogP contribution in [0.3, 0.4) is 0 Å². The summed E-state index contributed by atoms with van der Waals surface area (Å²) in [4.78, 5) is 20.9. The van der Waals surface area contributed by atoms with Gasteiger partial charge >= 0.3 is 0 Å². The summed E-state index contributed by atoms with van der Waals surface area (Å²) in [5.74, 6) is 0.473. The van der Waals surface area contributed by atoms with Crippen LogP contribution in [0, 0.1) is 13.8 Å². The van der Waals surface area contributed by atoms with E-state index in [0.29, 0.717) is 27.4 Å². The Labute approximate surface area is 154 Å². The number of anilines is 1. The molecule has 0 unspecified atom stereocenters. The largest absolute Gasteiger partial charge is 0.295 e. The average Bonchev–Trinajstić information content (AvgIpc) is 3.03. The number of aromatic nitrogens is 3. The molecule has 0 fully saturated rings. The Morgan fingerprint density at radius 2 is 1.76 bits per heavy atom. The number of aryl methyl sites for hydroxylation is 2. The molecule has 0 aliphatic carbocycles. The van der Waals surface area contributed by atoms with Crippen molar-refractivity contribution in [1.82, 2.24) is 20.0 Å². The minimum Gasteiger partial charge on any atom is -0.295 e. The molecule has 3 aromatic rings. The van der Waals surface area contributed by atoms with Crippen LogP contribution < -0.4 is 10.9 Å². The van der Waals surface area contributed by atoms with Crippen LogP contribution in [-0.4, -0.2) is 20.4 Å². The molecule has 128 valence electrons. The second-order valence-corrected chi connectivity index (χ2v) is 6.32. The fourth-order valence-corrected chi connectivity index (χ4v) is 2.84. The van der Waals surface area contributed by atoms with E-state index in [1.165, 1.54) is 0 Å². The fourth-order valence-electron chi connectivity index (χ4n) is 2.26. The van der Waals surface area contributed by atoms with Crippen LogP contribution in [0.15, 0.2) is 42.9 Å². The van der Waals surface area contributed by atoms with Crippen LogP contribution in [0.1, 0.15) is 21.6 Å². The first kappa shape index (κ1) is 17.3. The standard InChI is InChI=1S/C17H15Cl2N5O/c1-10-6-12(18)15(20-8-10)22-23-17(25)14-4-3-5-24(14)16-13(19)7-11(2)9-21-16/h3-9H,1-2H3,(H,20,22)(H,23,25). The molecule has 3 aromatic heterocycles. The van der Waals surface area contributed by atoms with Crippen LogP contribution in [0.2, 0.25) is 10.0 Å². The molecular formula is C17H15Cl2N5O. The molecule has 8 heteroatoms. The monoisotopic (exact) mass is 375 g/mol. The Hall–Kier alpha value is -2.57. The van der Waals surface area contributed by atoms with E-state index in [1.54, 1.807) is 47.4 Å². The Balaban J connectivity index is 1.81. The number of hydrogen-bond acceptors (Lipinski definition) is 4. The molecule has 0 bridgehead atoms. The average molecular weight is 376 g/mol. The number of carbonyl (C=O) groups is 1. The minimum atomic E-state index is -0.373. The van der Waals surface area contributed by atoms with Gasteiger partial charge in [-0.1, -0.05) is 23.2 Å². The summed E-state index contributed by atoms with van der Waals surface area (Å²) in [7, 11) is 0. The summed E-state index contributed by atoms with van der Waals surface area (Å²) in [6, 6.07) is 6.95. The number of halogens is 2. The van der Waals surface area contributed by atoms with Gasteiger partial charge in [0.2, 0.25) is 0 Å². The highest BCUT2D eigenvalue weighted by Crippen LogP contribution is 2.22. The molecule has 0 aliphatic rings. The third kappa shape index (κ3) is 3.75. The molecular weight excluding hydrogens is 361 g/mol. The highest BCUT2D eigenvalue weighted by Gasteiger charge is 2.15. The van der Waals surface area contributed by atoms with Crippen molar-refractivity contribution < 1.29 is 4.79 Å². The normalized spacial score (nSPS) is 10.6. The Morgan fingerprint density at radius 1 is 1.08 bits per heavy atom. The maximum Gasteiger partial charge on any atom is 0.286 e. The van der Waals surface area contributed by atoms with E-state index in [-0.39, 0.29) is 5.91 Å². The number of amides is 1. The van der Waals surface area contributed by atoms with Crippen LogP contribution in [0.4, 0.5) is 5.82 Å². The highest BCUT2D eigenvalue weighted by atomic mass is 35.5. The molecule has 0 spiro atoms. The molecule has 1 amide bonds. The molecule has 0 saturated carbocycles. The summed E-state index contributed by atoms with van der Waals surface area (Å²) in [5.41, 5.74) is 7.53. The van der Waals surface area contributed by atoms with E-state index in [0.717, 1.165) is 11.1 Å². The van der Waals surface area contributed by atoms with E-state index in [9.17, 15) is 4.79 Å². The molecule has 3 heterocycles. The van der Waals surface area contributed by atoms with Gasteiger partial charge in [-0.05, 0) is 49.2 Å². The van der Waals surface area contributed by atoms with Crippen molar-refractivity contribution in [1.29, 1.82) is 0 Å². The van der Waals surface area contributed by atoms with Crippen molar-refractivity contribution >= 4 is 34.9 Å². The van der Waals surface area contributed by atoms with Crippen molar-refractivity contribution in [2.24, 2.45) is 0 Å². The van der Waals surface area contributed by atoms with Gasteiger partial charge in [-0.15, -0.1) is 0 Å². The van der Waals surface area contributed by atoms with Crippen LogP contribution in [0.5, 0.6) is 0 Å². The number of pyridine rings is 2. The van der Waals surface area contributed by atoms with Gasteiger partial charge in [-0.3, -0.25) is 20.2 Å². The Kier molecular flexibility index (Phi) is 4.92. The first-order valence-electron chi connectivity index (χ1n) is 7.44. The van der Waals surface area contributed by atoms with E-state index >= 15 is 0 Å². The zero-order valence-corrected chi connectivity index (χ0v) is 15.1. The predicted octanol–water partition coefficient (Wildman–Crippen LogP) is 3.95. The zero-order chi connectivity index (χ0) is 18.0. The Morgan fingerprint density at radius 3 is 2.44 bits per heavy atom. The van der Waals surface area contributed by atoms with Crippen molar-refractivity contribution in [3.8, 4) is 5.82 Å². The number of hydrogen-bond donors (Lipinski definition) is 2. The van der Waals surface area contributed by atoms with Gasteiger partial charge in [0.05, 0.1) is 10.0 Å². The lowest BCUT2D eigenvalue weighted by Crippen LogP contribution is -2.31. The first-order valence-corrected chi connectivity index (χ1v) is 8.19. The quantitative estimate of drug-likeness (QED) is 0.677. The molecule has 2 N–H and O–H groups in total. The van der Waals surface area contributed by atoms with Gasteiger partial charge in [0, 0.05) is 18.6 Å². The molecule has 0 aliphatic heterocycles. The number of hydrazine groups is 1. The smallest absolute Gasteiger partial charge is 0.286 e. The highest BCUT2D eigenvalue weighted by molar-refractivity contribution is 6.33. The maximum absolute atomic E-state index is 12.5. The lowest BCUT2D eigenvalue weighted by Gasteiger charge is -2.12. The minimum absolute atomic E-state index is 0.366. The van der Waals surface area contributed by atoms with Gasteiger partial charge in [0.15, 0.2) is 11.6 Å². The molecule has 0 saturated heterocycles. The van der Waals surface area contributed by atoms with Crippen molar-refractivity contribution in [2.75, 3.05) is 5.43 Å². The van der Waals surface area contributed by atoms with Gasteiger partial charge in [-0.2, -0.15) is 0 Å². The third-order valence-corrected chi connectivity index (χ3v) is 4.01. The molecule has 3 rings (SSSR count). The van der Waals surface area contributed by atoms with E-state index < -0.39 is 0 Å². The van der Waals surface area contributed by atoms with Crippen LogP contribution >= 0.6 is 23.2 Å². The number of nitrogens with one attached hydrogen (secondary N) is 2. The number of rotatable bonds is 4. The summed E-state index contributed by atoms with van der Waals surface area (Å²) in [6.07, 6.45) is 5.06. The second-order valence-electron chi connectivity index (χ2n) is 5.50. The van der Waals surface area contributed by atoms with Crippen LogP contribution in [-0.2, 0) is 0 Å². The molecule has 0 aromatic carbocycles. The summed E-state index contributed by atoms with van der Waals surface area (Å²) in [5, 5.41) is 0.875. The zero-order valence-electron chi connectivity index (χ0n) is 13.5. The van der Waals surface area contributed by atoms with E-state index in [2.05, 4.69) is 20.8 Å². The third-order valence-electron chi connectivity index (χ3n) is 3.44. The van der Waals surface area contributed by atoms with Gasteiger partial charge in [0.1, 0.15) is 5.69 Å². The molecule has 6 nitrogen and oxygen atoms in total. The molecule has 25 heavy (non-hydrogen) atoms. The van der Waals surface area contributed by atoms with E-state index in [1.807, 2.05) is 13.8 Å². The lowest BCUT2D eigenvalue weighted by atomic mass is 10.3. The second kappa shape index (κ2) is 7.13. The lowest BCUT2D eigenvalue weighted by molar-refractivity contribution is 0.0955. The topological polar surface area (TPSA) is 71.8 Å². The number of carbonyl (C=O) groups excluding carboxylic acids is 1. The van der Waals surface area contributed by atoms with Crippen molar-refractivity contribution in [3.05, 3.63) is 69.7 Å².